The molecule has 4 rings (SSSR count). The number of carbonyl (C=O) groups is 1. The number of hydrogen-bond donors (Lipinski definition) is 5. The van der Waals surface area contributed by atoms with Crippen LogP contribution in [0.5, 0.6) is 0 Å². The molecule has 0 spiro atoms. The molecule has 1 aliphatic heterocycles. The molecule has 196 valence electrons. The number of ketones is 1. The quantitative estimate of drug-likeness (QED) is 0.329. The Hall–Kier alpha value is -1.86. The van der Waals surface area contributed by atoms with Gasteiger partial charge in [-0.05, 0) is 48.9 Å². The van der Waals surface area contributed by atoms with Crippen LogP contribution in [0.4, 0.5) is 11.4 Å². The van der Waals surface area contributed by atoms with Crippen LogP contribution in [0.3, 0.4) is 0 Å². The molecule has 12 heteroatoms. The van der Waals surface area contributed by atoms with E-state index in [1.165, 1.54) is 18.2 Å². The van der Waals surface area contributed by atoms with E-state index in [0.29, 0.717) is 17.5 Å². The van der Waals surface area contributed by atoms with Crippen LogP contribution in [0, 0.1) is 5.41 Å². The van der Waals surface area contributed by atoms with Crippen molar-refractivity contribution in [3.05, 3.63) is 59.2 Å². The molecule has 0 bridgehead atoms. The van der Waals surface area contributed by atoms with Crippen molar-refractivity contribution in [1.82, 2.24) is 0 Å². The summed E-state index contributed by atoms with van der Waals surface area (Å²) in [6.45, 7) is 8.12. The third kappa shape index (κ3) is 5.93. The van der Waals surface area contributed by atoms with Crippen molar-refractivity contribution in [2.24, 2.45) is 9.81 Å². The first-order chi connectivity index (χ1) is 16.5. The van der Waals surface area contributed by atoms with Crippen molar-refractivity contribution in [3.8, 4) is 0 Å². The van der Waals surface area contributed by atoms with Crippen molar-refractivity contribution in [2.75, 3.05) is 16.3 Å². The van der Waals surface area contributed by atoms with Crippen LogP contribution in [-0.2, 0) is 20.2 Å². The summed E-state index contributed by atoms with van der Waals surface area (Å²) in [5, 5.41) is 14.2. The molecule has 2 aromatic carbocycles. The molecule has 1 atom stereocenters. The number of Topliss-reactive ketones (excluding diaryl/α,β-unsaturated/α-hetero) is 1. The Morgan fingerprint density at radius 1 is 1.14 bits per heavy atom. The number of rotatable bonds is 5. The van der Waals surface area contributed by atoms with Crippen LogP contribution in [0.25, 0.3) is 5.76 Å². The molecule has 0 aromatic heterocycles. The van der Waals surface area contributed by atoms with Gasteiger partial charge < -0.3 is 10.4 Å². The number of benzene rings is 2. The topological polar surface area (TPSA) is 148 Å². The summed E-state index contributed by atoms with van der Waals surface area (Å²) >= 11 is 0. The van der Waals surface area contributed by atoms with Crippen molar-refractivity contribution in [3.63, 3.8) is 0 Å². The molecule has 37 heavy (non-hydrogen) atoms. The van der Waals surface area contributed by atoms with Crippen molar-refractivity contribution in [2.45, 2.75) is 50.8 Å². The summed E-state index contributed by atoms with van der Waals surface area (Å²) < 4.78 is 51.3. The van der Waals surface area contributed by atoms with Crippen molar-refractivity contribution >= 4 is 79.1 Å². The predicted octanol–water partition coefficient (Wildman–Crippen LogP) is 4.89. The van der Waals surface area contributed by atoms with E-state index >= 15 is 0 Å². The zero-order chi connectivity index (χ0) is 26.7. The Labute approximate surface area is 241 Å². The Morgan fingerprint density at radius 3 is 2.41 bits per heavy atom. The summed E-state index contributed by atoms with van der Waals surface area (Å²) in [7, 11) is -7.41. The number of aliphatic hydroxyl groups is 1. The number of aliphatic hydroxyl groups excluding tert-OH is 1. The number of anilines is 2. The number of nitrogens with one attached hydrogen (secondary N) is 2. The average molecular weight is 558 g/mol. The van der Waals surface area contributed by atoms with Crippen molar-refractivity contribution < 1.29 is 27.4 Å². The maximum absolute atomic E-state index is 14.0. The van der Waals surface area contributed by atoms with Crippen LogP contribution in [0.2, 0.25) is 0 Å². The van der Waals surface area contributed by atoms with E-state index in [9.17, 15) is 27.4 Å². The Kier molecular flexibility index (Phi) is 8.05. The van der Waals surface area contributed by atoms with Gasteiger partial charge in [0, 0.05) is 5.56 Å². The fourth-order valence-electron chi connectivity index (χ4n) is 4.47. The van der Waals surface area contributed by atoms with E-state index in [-0.39, 0.29) is 74.2 Å². The Balaban J connectivity index is 0.00000380. The number of nitrogens with zero attached hydrogens (tertiary/aromatic N) is 1. The summed E-state index contributed by atoms with van der Waals surface area (Å²) in [4.78, 5) is 14.0. The standard InChI is InChI=1S/C25H31N3O6S2.Na.H/c1-24(2,3)12-13-25(4)17-9-7-6-8-16(17)21(29)20(22(25)30)23-26-18-11-10-15(27-35(5,31)32)14-19(18)36(33,34)28-23;;/h6-11,14,27,29,33-34H,12-13H2,1-5H3,(H,26,28);;. The molecule has 9 nitrogen and oxygen atoms in total. The number of carbonyl (C=O) groups excluding carboxylic acids is 1. The van der Waals surface area contributed by atoms with E-state index in [0.717, 1.165) is 12.7 Å². The molecule has 0 fully saturated rings. The molecule has 0 amide bonds. The van der Waals surface area contributed by atoms with Gasteiger partial charge in [0.1, 0.15) is 16.2 Å². The summed E-state index contributed by atoms with van der Waals surface area (Å²) in [5.74, 6) is -0.808. The van der Waals surface area contributed by atoms with Crippen LogP contribution < -0.4 is 10.0 Å². The van der Waals surface area contributed by atoms with E-state index < -0.39 is 26.2 Å². The molecule has 1 aliphatic carbocycles. The first-order valence-corrected chi connectivity index (χ1v) is 14.8. The van der Waals surface area contributed by atoms with Gasteiger partial charge in [0.25, 0.3) is 0 Å². The molecule has 5 N–H and O–H groups in total. The fraction of sp³-hybridized carbons (Fsp3) is 0.360. The summed E-state index contributed by atoms with van der Waals surface area (Å²) in [5.41, 5.74) is 0.451. The number of amidine groups is 1. The minimum absolute atomic E-state index is 0. The van der Waals surface area contributed by atoms with Gasteiger partial charge >= 0.3 is 29.6 Å². The van der Waals surface area contributed by atoms with Crippen LogP contribution >= 0.6 is 10.8 Å². The van der Waals surface area contributed by atoms with Crippen molar-refractivity contribution in [1.29, 1.82) is 0 Å². The second kappa shape index (κ2) is 10.0. The SMILES string of the molecule is CC(C)(C)CCC1(C)C(=O)C(C2=NS(O)(O)c3cc(NS(C)(=O)=O)ccc3N2)=C(O)c2ccccc21.[NaH]. The monoisotopic (exact) mass is 557 g/mol. The molecular formula is C25H32N3NaO6S2. The van der Waals surface area contributed by atoms with E-state index in [1.54, 1.807) is 12.1 Å². The van der Waals surface area contributed by atoms with E-state index in [4.69, 9.17) is 0 Å². The van der Waals surface area contributed by atoms with Gasteiger partial charge in [-0.25, -0.2) is 8.42 Å². The van der Waals surface area contributed by atoms with Gasteiger partial charge in [0.15, 0.2) is 11.6 Å². The molecular weight excluding hydrogens is 525 g/mol. The van der Waals surface area contributed by atoms with Crippen LogP contribution in [-0.4, -0.2) is 70.1 Å². The maximum atomic E-state index is 14.0. The Morgan fingerprint density at radius 2 is 1.78 bits per heavy atom. The van der Waals surface area contributed by atoms with Crippen LogP contribution in [0.1, 0.15) is 51.7 Å². The minimum atomic E-state index is -3.82. The fourth-order valence-corrected chi connectivity index (χ4v) is 6.21. The molecule has 2 aliphatic rings. The molecule has 0 saturated carbocycles. The summed E-state index contributed by atoms with van der Waals surface area (Å²) in [6.07, 6.45) is 2.24. The van der Waals surface area contributed by atoms with Gasteiger partial charge in [0.05, 0.1) is 23.0 Å². The van der Waals surface area contributed by atoms with Gasteiger partial charge in [-0.1, -0.05) is 55.8 Å². The Bertz CT molecular complexity index is 1430. The molecule has 2 aromatic rings. The van der Waals surface area contributed by atoms with E-state index in [2.05, 4.69) is 35.2 Å². The molecule has 0 radical (unpaired) electrons. The predicted molar refractivity (Wildman–Crippen MR) is 151 cm³/mol. The third-order valence-corrected chi connectivity index (χ3v) is 8.38. The normalized spacial score (nSPS) is 21.6. The number of fused-ring (bicyclic) bond motifs is 2. The van der Waals surface area contributed by atoms with Gasteiger partial charge in [0.2, 0.25) is 10.0 Å². The third-order valence-electron chi connectivity index (χ3n) is 6.41. The second-order valence-corrected chi connectivity index (χ2v) is 14.1. The van der Waals surface area contributed by atoms with Gasteiger partial charge in [-0.3, -0.25) is 18.6 Å². The second-order valence-electron chi connectivity index (χ2n) is 10.7. The van der Waals surface area contributed by atoms with Gasteiger partial charge in [-0.15, -0.1) is 4.40 Å². The zero-order valence-electron chi connectivity index (χ0n) is 20.8. The molecule has 0 saturated heterocycles. The van der Waals surface area contributed by atoms with E-state index in [1.807, 2.05) is 19.1 Å². The molecule has 1 heterocycles. The van der Waals surface area contributed by atoms with Crippen LogP contribution in [0.15, 0.2) is 57.3 Å². The molecule has 1 unspecified atom stereocenters. The first-order valence-electron chi connectivity index (χ1n) is 11.4. The average Bonchev–Trinajstić information content (AvgIpc) is 2.75. The summed E-state index contributed by atoms with van der Waals surface area (Å²) in [6, 6.07) is 11.3. The zero-order valence-corrected chi connectivity index (χ0v) is 22.4. The number of hydrogen-bond acceptors (Lipinski definition) is 8. The number of sulfonamides is 1. The first kappa shape index (κ1) is 29.7. The van der Waals surface area contributed by atoms with Gasteiger partial charge in [-0.2, -0.15) is 0 Å².